The van der Waals surface area contributed by atoms with E-state index in [9.17, 15) is 27.2 Å². The number of methoxy groups -OCH3 is 1. The van der Waals surface area contributed by atoms with Gasteiger partial charge >= 0.3 is 6.18 Å². The third kappa shape index (κ3) is 4.29. The highest BCUT2D eigenvalue weighted by atomic mass is 19.4. The Balaban J connectivity index is 1.78. The number of hydrogen-bond acceptors (Lipinski definition) is 4. The van der Waals surface area contributed by atoms with Crippen molar-refractivity contribution in [1.29, 1.82) is 0 Å². The lowest BCUT2D eigenvalue weighted by Gasteiger charge is -2.09. The van der Waals surface area contributed by atoms with Gasteiger partial charge in [-0.05, 0) is 43.2 Å². The van der Waals surface area contributed by atoms with Crippen LogP contribution in [0.25, 0.3) is 11.0 Å². The molecule has 0 aliphatic carbocycles. The summed E-state index contributed by atoms with van der Waals surface area (Å²) < 4.78 is 62.5. The normalized spacial score (nSPS) is 11.6. The van der Waals surface area contributed by atoms with E-state index in [-0.39, 0.29) is 30.6 Å². The first kappa shape index (κ1) is 21.4. The maximum atomic E-state index is 13.4. The van der Waals surface area contributed by atoms with Gasteiger partial charge in [0.2, 0.25) is 0 Å². The smallest absolute Gasteiger partial charge is 0.419 e. The quantitative estimate of drug-likeness (QED) is 0.433. The van der Waals surface area contributed by atoms with Crippen molar-refractivity contribution < 1.29 is 36.3 Å². The molecule has 0 unspecified atom stereocenters. The highest BCUT2D eigenvalue weighted by Crippen LogP contribution is 2.33. The fraction of sp³-hybridized carbons (Fsp3) is 0.238. The van der Waals surface area contributed by atoms with Crippen molar-refractivity contribution in [1.82, 2.24) is 0 Å². The predicted molar refractivity (Wildman–Crippen MR) is 100.0 cm³/mol. The zero-order chi connectivity index (χ0) is 22.1. The molecule has 5 nitrogen and oxygen atoms in total. The maximum absolute atomic E-state index is 13.4. The van der Waals surface area contributed by atoms with Gasteiger partial charge in [0.15, 0.2) is 11.5 Å². The second kappa shape index (κ2) is 8.17. The molecule has 1 amide bonds. The van der Waals surface area contributed by atoms with Crippen LogP contribution < -0.4 is 10.5 Å². The second-order valence-electron chi connectivity index (χ2n) is 6.61. The SMILES string of the molecule is COc1ccc2c(CCCC(=O)c3ccc(F)c(C(F)(F)F)c3)c(C(N)=O)oc2c1. The Bertz CT molecular complexity index is 1120. The molecule has 1 heterocycles. The van der Waals surface area contributed by atoms with Gasteiger partial charge in [0.05, 0.1) is 12.7 Å². The molecular formula is C21H17F4NO4. The molecule has 9 heteroatoms. The minimum atomic E-state index is -4.90. The van der Waals surface area contributed by atoms with E-state index < -0.39 is 29.2 Å². The minimum absolute atomic E-state index is 0.0492. The Hall–Kier alpha value is -3.36. The Kier molecular flexibility index (Phi) is 5.82. The average Bonchev–Trinajstić information content (AvgIpc) is 3.05. The lowest BCUT2D eigenvalue weighted by Crippen LogP contribution is -2.12. The lowest BCUT2D eigenvalue weighted by atomic mass is 9.99. The van der Waals surface area contributed by atoms with E-state index in [1.54, 1.807) is 18.2 Å². The van der Waals surface area contributed by atoms with Crippen LogP contribution in [0.3, 0.4) is 0 Å². The number of Topliss-reactive ketones (excluding diaryl/α,β-unsaturated/α-hetero) is 1. The molecule has 0 atom stereocenters. The largest absolute Gasteiger partial charge is 0.497 e. The lowest BCUT2D eigenvalue weighted by molar-refractivity contribution is -0.140. The van der Waals surface area contributed by atoms with Crippen molar-refractivity contribution in [2.75, 3.05) is 7.11 Å². The Morgan fingerprint density at radius 2 is 1.87 bits per heavy atom. The number of nitrogens with two attached hydrogens (primary N) is 1. The van der Waals surface area contributed by atoms with Crippen molar-refractivity contribution in [3.05, 3.63) is 64.7 Å². The molecule has 0 saturated heterocycles. The Morgan fingerprint density at radius 3 is 2.50 bits per heavy atom. The summed E-state index contributed by atoms with van der Waals surface area (Å²) in [5.41, 5.74) is 4.54. The van der Waals surface area contributed by atoms with Crippen LogP contribution in [-0.4, -0.2) is 18.8 Å². The summed E-state index contributed by atoms with van der Waals surface area (Å²) in [4.78, 5) is 24.0. The van der Waals surface area contributed by atoms with Gasteiger partial charge in [-0.15, -0.1) is 0 Å². The zero-order valence-corrected chi connectivity index (χ0v) is 15.8. The van der Waals surface area contributed by atoms with Crippen molar-refractivity contribution in [2.45, 2.75) is 25.4 Å². The fourth-order valence-electron chi connectivity index (χ4n) is 3.19. The van der Waals surface area contributed by atoms with Crippen molar-refractivity contribution >= 4 is 22.7 Å². The fourth-order valence-corrected chi connectivity index (χ4v) is 3.19. The highest BCUT2D eigenvalue weighted by molar-refractivity contribution is 5.99. The number of furan rings is 1. The number of ketones is 1. The standard InChI is InChI=1S/C21H17F4NO4/c1-29-12-6-7-13-14(19(20(26)28)30-18(13)10-12)3-2-4-17(27)11-5-8-16(22)15(9-11)21(23,24)25/h5-10H,2-4H2,1H3,(H2,26,28). The molecule has 0 spiro atoms. The number of alkyl halides is 3. The first-order valence-corrected chi connectivity index (χ1v) is 8.91. The first-order valence-electron chi connectivity index (χ1n) is 8.91. The van der Waals surface area contributed by atoms with Crippen LogP contribution in [-0.2, 0) is 12.6 Å². The number of halogens is 4. The van der Waals surface area contributed by atoms with Gasteiger partial charge in [-0.2, -0.15) is 13.2 Å². The van der Waals surface area contributed by atoms with E-state index in [2.05, 4.69) is 0 Å². The Morgan fingerprint density at radius 1 is 1.13 bits per heavy atom. The number of hydrogen-bond donors (Lipinski definition) is 1. The van der Waals surface area contributed by atoms with Crippen LogP contribution >= 0.6 is 0 Å². The number of primary amides is 1. The van der Waals surface area contributed by atoms with E-state index in [1.807, 2.05) is 0 Å². The summed E-state index contributed by atoms with van der Waals surface area (Å²) >= 11 is 0. The third-order valence-corrected chi connectivity index (χ3v) is 4.65. The molecule has 0 aliphatic rings. The van der Waals surface area contributed by atoms with Gasteiger partial charge in [-0.3, -0.25) is 9.59 Å². The molecule has 0 fully saturated rings. The zero-order valence-electron chi connectivity index (χ0n) is 15.8. The summed E-state index contributed by atoms with van der Waals surface area (Å²) in [6, 6.07) is 7.10. The maximum Gasteiger partial charge on any atom is 0.419 e. The molecule has 0 bridgehead atoms. The van der Waals surface area contributed by atoms with Gasteiger partial charge in [0.1, 0.15) is 17.1 Å². The molecule has 0 aliphatic heterocycles. The molecule has 3 aromatic rings. The minimum Gasteiger partial charge on any atom is -0.497 e. The number of carbonyl (C=O) groups is 2. The van der Waals surface area contributed by atoms with E-state index in [1.165, 1.54) is 7.11 Å². The van der Waals surface area contributed by atoms with Gasteiger partial charge in [-0.25, -0.2) is 4.39 Å². The monoisotopic (exact) mass is 423 g/mol. The highest BCUT2D eigenvalue weighted by Gasteiger charge is 2.34. The number of benzene rings is 2. The first-order chi connectivity index (χ1) is 14.1. The third-order valence-electron chi connectivity index (χ3n) is 4.65. The summed E-state index contributed by atoms with van der Waals surface area (Å²) in [5.74, 6) is -2.32. The summed E-state index contributed by atoms with van der Waals surface area (Å²) in [6.07, 6.45) is -4.55. The van der Waals surface area contributed by atoms with Crippen LogP contribution in [0.2, 0.25) is 0 Å². The van der Waals surface area contributed by atoms with Crippen LogP contribution in [0.5, 0.6) is 5.75 Å². The van der Waals surface area contributed by atoms with Crippen molar-refractivity contribution in [2.24, 2.45) is 5.73 Å². The van der Waals surface area contributed by atoms with Crippen LogP contribution in [0.15, 0.2) is 40.8 Å². The van der Waals surface area contributed by atoms with Gasteiger partial charge in [0, 0.05) is 29.0 Å². The van der Waals surface area contributed by atoms with Gasteiger partial charge in [-0.1, -0.05) is 0 Å². The average molecular weight is 423 g/mol. The number of amides is 1. The molecule has 0 saturated carbocycles. The van der Waals surface area contributed by atoms with Crippen molar-refractivity contribution in [3.63, 3.8) is 0 Å². The summed E-state index contributed by atoms with van der Waals surface area (Å²) in [7, 11) is 1.48. The molecular weight excluding hydrogens is 406 g/mol. The number of aryl methyl sites for hydroxylation is 1. The molecule has 2 N–H and O–H groups in total. The van der Waals surface area contributed by atoms with Gasteiger partial charge < -0.3 is 14.9 Å². The number of ether oxygens (including phenoxy) is 1. The number of fused-ring (bicyclic) bond motifs is 1. The van der Waals surface area contributed by atoms with E-state index in [4.69, 9.17) is 14.9 Å². The molecule has 30 heavy (non-hydrogen) atoms. The second-order valence-corrected chi connectivity index (χ2v) is 6.61. The van der Waals surface area contributed by atoms with Crippen molar-refractivity contribution in [3.8, 4) is 5.75 Å². The van der Waals surface area contributed by atoms with Crippen LogP contribution in [0, 0.1) is 5.82 Å². The molecule has 2 aromatic carbocycles. The summed E-state index contributed by atoms with van der Waals surface area (Å²) in [5, 5.41) is 0.623. The number of rotatable bonds is 7. The van der Waals surface area contributed by atoms with E-state index in [0.717, 1.165) is 6.07 Å². The molecule has 1 aromatic heterocycles. The number of carbonyl (C=O) groups excluding carboxylic acids is 2. The Labute approximate surface area is 168 Å². The predicted octanol–water partition coefficient (Wildman–Crippen LogP) is 4.90. The van der Waals surface area contributed by atoms with Crippen LogP contribution in [0.1, 0.15) is 44.9 Å². The molecule has 0 radical (unpaired) electrons. The van der Waals surface area contributed by atoms with E-state index >= 15 is 0 Å². The molecule has 158 valence electrons. The molecule has 3 rings (SSSR count). The topological polar surface area (TPSA) is 82.5 Å². The van der Waals surface area contributed by atoms with Gasteiger partial charge in [0.25, 0.3) is 5.91 Å². The summed E-state index contributed by atoms with van der Waals surface area (Å²) in [6.45, 7) is 0. The van der Waals surface area contributed by atoms with E-state index in [0.29, 0.717) is 34.4 Å². The van der Waals surface area contributed by atoms with Crippen LogP contribution in [0.4, 0.5) is 17.6 Å².